The lowest BCUT2D eigenvalue weighted by Gasteiger charge is -2.23. The van der Waals surface area contributed by atoms with Crippen LogP contribution in [0.25, 0.3) is 0 Å². The van der Waals surface area contributed by atoms with Gasteiger partial charge in [-0.1, -0.05) is 35.9 Å². The van der Waals surface area contributed by atoms with Crippen molar-refractivity contribution in [3.8, 4) is 5.75 Å². The summed E-state index contributed by atoms with van der Waals surface area (Å²) in [5.41, 5.74) is 0.556. The molecule has 1 aliphatic heterocycles. The molecule has 1 aromatic heterocycles. The number of anilines is 2. The molecule has 0 radical (unpaired) electrons. The largest absolute Gasteiger partial charge is 0.573 e. The van der Waals surface area contributed by atoms with Gasteiger partial charge >= 0.3 is 6.36 Å². The summed E-state index contributed by atoms with van der Waals surface area (Å²) < 4.78 is 41.1. The summed E-state index contributed by atoms with van der Waals surface area (Å²) in [6, 6.07) is 5.35. The van der Waals surface area contributed by atoms with E-state index in [0.717, 1.165) is 25.9 Å². The van der Waals surface area contributed by atoms with Crippen LogP contribution in [-0.2, 0) is 4.79 Å². The topological polar surface area (TPSA) is 67.4 Å². The van der Waals surface area contributed by atoms with E-state index < -0.39 is 6.36 Å². The van der Waals surface area contributed by atoms with Gasteiger partial charge in [-0.25, -0.2) is 0 Å². The van der Waals surface area contributed by atoms with Crippen LogP contribution in [0.4, 0.5) is 24.0 Å². The van der Waals surface area contributed by atoms with Crippen LogP contribution in [0.2, 0.25) is 0 Å². The van der Waals surface area contributed by atoms with Crippen molar-refractivity contribution in [2.24, 2.45) is 0 Å². The zero-order chi connectivity index (χ0) is 20.9. The highest BCUT2D eigenvalue weighted by Gasteiger charge is 2.31. The maximum absolute atomic E-state index is 12.6. The fourth-order valence-electron chi connectivity index (χ4n) is 2.92. The van der Waals surface area contributed by atoms with Gasteiger partial charge in [0.15, 0.2) is 4.34 Å². The van der Waals surface area contributed by atoms with Gasteiger partial charge in [-0.2, -0.15) is 0 Å². The summed E-state index contributed by atoms with van der Waals surface area (Å²) in [5, 5.41) is 11.3. The summed E-state index contributed by atoms with van der Waals surface area (Å²) in [6.07, 6.45) is -0.298. The third-order valence-electron chi connectivity index (χ3n) is 4.29. The molecule has 1 atom stereocenters. The van der Waals surface area contributed by atoms with Crippen LogP contribution >= 0.6 is 23.1 Å². The molecule has 1 aromatic carbocycles. The number of likely N-dealkylation sites (tertiary alicyclic amines) is 1. The van der Waals surface area contributed by atoms with Crippen molar-refractivity contribution >= 4 is 39.8 Å². The van der Waals surface area contributed by atoms with Crippen molar-refractivity contribution in [3.63, 3.8) is 0 Å². The fourth-order valence-corrected chi connectivity index (χ4v) is 4.92. The Labute approximate surface area is 174 Å². The van der Waals surface area contributed by atoms with Crippen LogP contribution in [0.1, 0.15) is 32.6 Å². The van der Waals surface area contributed by atoms with Crippen molar-refractivity contribution in [2.45, 2.75) is 48.6 Å². The number of benzene rings is 1. The van der Waals surface area contributed by atoms with Crippen molar-refractivity contribution < 1.29 is 22.7 Å². The Morgan fingerprint density at radius 3 is 2.45 bits per heavy atom. The number of carbonyl (C=O) groups excluding carboxylic acids is 1. The number of halogens is 3. The van der Waals surface area contributed by atoms with Crippen LogP contribution in [0.3, 0.4) is 0 Å². The van der Waals surface area contributed by atoms with Gasteiger partial charge in [0.05, 0.1) is 5.25 Å². The summed E-state index contributed by atoms with van der Waals surface area (Å²) in [4.78, 5) is 14.6. The molecule has 158 valence electrons. The molecule has 1 amide bonds. The van der Waals surface area contributed by atoms with E-state index in [4.69, 9.17) is 0 Å². The van der Waals surface area contributed by atoms with Gasteiger partial charge in [0.25, 0.3) is 0 Å². The van der Waals surface area contributed by atoms with Crippen molar-refractivity contribution in [3.05, 3.63) is 24.3 Å². The molecule has 0 bridgehead atoms. The van der Waals surface area contributed by atoms with Gasteiger partial charge in [0.1, 0.15) is 5.75 Å². The Hall–Kier alpha value is -2.01. The predicted molar refractivity (Wildman–Crippen MR) is 107 cm³/mol. The van der Waals surface area contributed by atoms with Crippen molar-refractivity contribution in [1.82, 2.24) is 15.1 Å². The monoisotopic (exact) mass is 446 g/mol. The van der Waals surface area contributed by atoms with Gasteiger partial charge < -0.3 is 15.0 Å². The molecular weight excluding hydrogens is 425 g/mol. The number of alkyl halides is 3. The van der Waals surface area contributed by atoms with E-state index in [1.165, 1.54) is 60.2 Å². The standard InChI is InChI=1S/C18H21F3N4O2S2/c1-12(15(26)25-10-4-2-3-5-11-25)28-17-24-23-16(29-17)22-13-6-8-14(9-7-13)27-18(19,20)21/h6-9,12H,2-5,10-11H2,1H3,(H,22,23). The lowest BCUT2D eigenvalue weighted by molar-refractivity contribution is -0.274. The average Bonchev–Trinajstić information content (AvgIpc) is 2.91. The van der Waals surface area contributed by atoms with Crippen molar-refractivity contribution in [2.75, 3.05) is 18.4 Å². The number of nitrogens with zero attached hydrogens (tertiary/aromatic N) is 3. The molecule has 1 fully saturated rings. The molecule has 2 aromatic rings. The molecule has 1 N–H and O–H groups in total. The van der Waals surface area contributed by atoms with Crippen LogP contribution in [0, 0.1) is 0 Å². The second-order valence-electron chi connectivity index (χ2n) is 6.57. The van der Waals surface area contributed by atoms with E-state index in [1.54, 1.807) is 0 Å². The van der Waals surface area contributed by atoms with Gasteiger partial charge in [-0.15, -0.1) is 23.4 Å². The molecule has 0 aliphatic carbocycles. The van der Waals surface area contributed by atoms with Crippen LogP contribution in [-0.4, -0.2) is 45.7 Å². The first-order valence-corrected chi connectivity index (χ1v) is 10.9. The Morgan fingerprint density at radius 1 is 1.17 bits per heavy atom. The molecule has 3 rings (SSSR count). The number of thioether (sulfide) groups is 1. The van der Waals surface area contributed by atoms with E-state index in [-0.39, 0.29) is 16.9 Å². The second kappa shape index (κ2) is 9.66. The highest BCUT2D eigenvalue weighted by atomic mass is 32.2. The Kier molecular flexibility index (Phi) is 7.23. The van der Waals surface area contributed by atoms with Crippen molar-refractivity contribution in [1.29, 1.82) is 0 Å². The third kappa shape index (κ3) is 6.77. The number of ether oxygens (including phenoxy) is 1. The number of rotatable bonds is 6. The highest BCUT2D eigenvalue weighted by Crippen LogP contribution is 2.32. The minimum absolute atomic E-state index is 0.113. The summed E-state index contributed by atoms with van der Waals surface area (Å²) in [7, 11) is 0. The van der Waals surface area contributed by atoms with Gasteiger partial charge in [-0.3, -0.25) is 4.79 Å². The average molecular weight is 447 g/mol. The Morgan fingerprint density at radius 2 is 1.83 bits per heavy atom. The lowest BCUT2D eigenvalue weighted by Crippen LogP contribution is -2.37. The molecular formula is C18H21F3N4O2S2. The van der Waals surface area contributed by atoms with Gasteiger partial charge in [-0.05, 0) is 44.0 Å². The molecule has 29 heavy (non-hydrogen) atoms. The number of hydrogen-bond acceptors (Lipinski definition) is 7. The SMILES string of the molecule is CC(Sc1nnc(Nc2ccc(OC(F)(F)F)cc2)s1)C(=O)N1CCCCCC1. The van der Waals surface area contributed by atoms with E-state index in [2.05, 4.69) is 20.3 Å². The molecule has 11 heteroatoms. The quantitative estimate of drug-likeness (QED) is 0.626. The molecule has 1 saturated heterocycles. The van der Waals surface area contributed by atoms with Crippen LogP contribution < -0.4 is 10.1 Å². The minimum Gasteiger partial charge on any atom is -0.406 e. The molecule has 0 saturated carbocycles. The fraction of sp³-hybridized carbons (Fsp3) is 0.500. The molecule has 1 unspecified atom stereocenters. The maximum atomic E-state index is 12.6. The van der Waals surface area contributed by atoms with E-state index in [0.29, 0.717) is 15.2 Å². The number of hydrogen-bond donors (Lipinski definition) is 1. The Bertz CT molecular complexity index is 806. The first-order valence-electron chi connectivity index (χ1n) is 9.22. The number of aromatic nitrogens is 2. The Balaban J connectivity index is 1.54. The highest BCUT2D eigenvalue weighted by molar-refractivity contribution is 8.02. The number of amides is 1. The smallest absolute Gasteiger partial charge is 0.406 e. The maximum Gasteiger partial charge on any atom is 0.573 e. The third-order valence-corrected chi connectivity index (χ3v) is 6.30. The molecule has 1 aliphatic rings. The zero-order valence-electron chi connectivity index (χ0n) is 15.7. The lowest BCUT2D eigenvalue weighted by atomic mass is 10.2. The summed E-state index contributed by atoms with van der Waals surface area (Å²) in [6.45, 7) is 3.48. The summed E-state index contributed by atoms with van der Waals surface area (Å²) in [5.74, 6) is -0.181. The predicted octanol–water partition coefficient (Wildman–Crippen LogP) is 5.06. The normalized spacial score (nSPS) is 16.2. The van der Waals surface area contributed by atoms with Crippen LogP contribution in [0.5, 0.6) is 5.75 Å². The van der Waals surface area contributed by atoms with Gasteiger partial charge in [0.2, 0.25) is 11.0 Å². The minimum atomic E-state index is -4.72. The second-order valence-corrected chi connectivity index (χ2v) is 9.14. The van der Waals surface area contributed by atoms with E-state index in [1.807, 2.05) is 11.8 Å². The van der Waals surface area contributed by atoms with Gasteiger partial charge in [0, 0.05) is 18.8 Å². The molecule has 2 heterocycles. The van der Waals surface area contributed by atoms with E-state index in [9.17, 15) is 18.0 Å². The zero-order valence-corrected chi connectivity index (χ0v) is 17.4. The number of carbonyl (C=O) groups is 1. The van der Waals surface area contributed by atoms with E-state index >= 15 is 0 Å². The van der Waals surface area contributed by atoms with Crippen LogP contribution in [0.15, 0.2) is 28.6 Å². The first-order chi connectivity index (χ1) is 13.8. The first kappa shape index (κ1) is 21.7. The summed E-state index contributed by atoms with van der Waals surface area (Å²) >= 11 is 2.65. The molecule has 6 nitrogen and oxygen atoms in total. The molecule has 0 spiro atoms. The number of nitrogens with one attached hydrogen (secondary N) is 1.